The zero-order chi connectivity index (χ0) is 10.5. The van der Waals surface area contributed by atoms with Crippen molar-refractivity contribution in [2.75, 3.05) is 13.1 Å². The number of aryl methyl sites for hydroxylation is 1. The summed E-state index contributed by atoms with van der Waals surface area (Å²) in [6, 6.07) is 8.31. The Hall–Kier alpha value is -1.02. The number of rotatable bonds is 2. The summed E-state index contributed by atoms with van der Waals surface area (Å²) in [5.41, 5.74) is 1.26. The third kappa shape index (κ3) is 3.24. The van der Waals surface area contributed by atoms with Gasteiger partial charge in [-0.25, -0.2) is 0 Å². The molecule has 1 unspecified atom stereocenters. The third-order valence-electron chi connectivity index (χ3n) is 2.82. The molecule has 1 aliphatic heterocycles. The van der Waals surface area contributed by atoms with Crippen molar-refractivity contribution in [1.82, 2.24) is 5.32 Å². The smallest absolute Gasteiger partial charge is 0.119 e. The van der Waals surface area contributed by atoms with Crippen LogP contribution in [0, 0.1) is 6.92 Å². The minimum atomic E-state index is 0.391. The van der Waals surface area contributed by atoms with E-state index in [1.807, 2.05) is 6.07 Å². The number of ether oxygens (including phenoxy) is 1. The van der Waals surface area contributed by atoms with Crippen LogP contribution in [0.5, 0.6) is 5.75 Å². The standard InChI is InChI=1S/C13H19NO/c1-11-4-2-5-13(10-11)15-12-6-3-8-14-9-7-12/h2,4-5,10,12,14H,3,6-9H2,1H3. The van der Waals surface area contributed by atoms with Gasteiger partial charge in [-0.15, -0.1) is 0 Å². The van der Waals surface area contributed by atoms with E-state index in [1.165, 1.54) is 18.4 Å². The van der Waals surface area contributed by atoms with Gasteiger partial charge < -0.3 is 10.1 Å². The fraction of sp³-hybridized carbons (Fsp3) is 0.538. The molecule has 1 aromatic rings. The van der Waals surface area contributed by atoms with Gasteiger partial charge in [-0.2, -0.15) is 0 Å². The fourth-order valence-corrected chi connectivity index (χ4v) is 1.99. The molecule has 1 aliphatic rings. The van der Waals surface area contributed by atoms with Crippen LogP contribution in [0.3, 0.4) is 0 Å². The van der Waals surface area contributed by atoms with Crippen molar-refractivity contribution in [3.8, 4) is 5.75 Å². The summed E-state index contributed by atoms with van der Waals surface area (Å²) in [7, 11) is 0. The number of benzene rings is 1. The molecule has 1 saturated heterocycles. The average molecular weight is 205 g/mol. The van der Waals surface area contributed by atoms with E-state index in [0.717, 1.165) is 25.3 Å². The molecule has 82 valence electrons. The Balaban J connectivity index is 1.95. The van der Waals surface area contributed by atoms with E-state index in [-0.39, 0.29) is 0 Å². The van der Waals surface area contributed by atoms with Gasteiger partial charge in [0.25, 0.3) is 0 Å². The van der Waals surface area contributed by atoms with Crippen LogP contribution in [-0.2, 0) is 0 Å². The van der Waals surface area contributed by atoms with Crippen LogP contribution in [0.25, 0.3) is 0 Å². The van der Waals surface area contributed by atoms with Crippen molar-refractivity contribution in [3.63, 3.8) is 0 Å². The highest BCUT2D eigenvalue weighted by Gasteiger charge is 2.12. The zero-order valence-electron chi connectivity index (χ0n) is 9.33. The molecular formula is C13H19NO. The molecule has 2 heteroatoms. The minimum absolute atomic E-state index is 0.391. The number of nitrogens with one attached hydrogen (secondary N) is 1. The number of hydrogen-bond donors (Lipinski definition) is 1. The molecule has 1 aromatic carbocycles. The largest absolute Gasteiger partial charge is 0.490 e. The van der Waals surface area contributed by atoms with Crippen LogP contribution in [0.1, 0.15) is 24.8 Å². The summed E-state index contributed by atoms with van der Waals surface area (Å²) in [6.07, 6.45) is 3.90. The second kappa shape index (κ2) is 5.17. The second-order valence-corrected chi connectivity index (χ2v) is 4.24. The Morgan fingerprint density at radius 1 is 1.27 bits per heavy atom. The maximum absolute atomic E-state index is 5.98. The molecule has 0 radical (unpaired) electrons. The van der Waals surface area contributed by atoms with Gasteiger partial charge in [0.05, 0.1) is 6.10 Å². The van der Waals surface area contributed by atoms with Crippen LogP contribution < -0.4 is 10.1 Å². The summed E-state index contributed by atoms with van der Waals surface area (Å²) in [5, 5.41) is 3.39. The predicted octanol–water partition coefficient (Wildman–Crippen LogP) is 2.52. The van der Waals surface area contributed by atoms with Gasteiger partial charge >= 0.3 is 0 Å². The van der Waals surface area contributed by atoms with Crippen molar-refractivity contribution in [2.45, 2.75) is 32.3 Å². The number of hydrogen-bond acceptors (Lipinski definition) is 2. The van der Waals surface area contributed by atoms with E-state index in [0.29, 0.717) is 6.10 Å². The van der Waals surface area contributed by atoms with Gasteiger partial charge in [0.2, 0.25) is 0 Å². The van der Waals surface area contributed by atoms with Gasteiger partial charge in [-0.3, -0.25) is 0 Å². The SMILES string of the molecule is Cc1cccc(OC2CCCNCC2)c1. The molecule has 2 rings (SSSR count). The van der Waals surface area contributed by atoms with Crippen LogP contribution in [-0.4, -0.2) is 19.2 Å². The van der Waals surface area contributed by atoms with Crippen molar-refractivity contribution in [2.24, 2.45) is 0 Å². The van der Waals surface area contributed by atoms with Gasteiger partial charge in [0.15, 0.2) is 0 Å². The van der Waals surface area contributed by atoms with Gasteiger partial charge in [-0.05, 0) is 57.0 Å². The molecule has 1 fully saturated rings. The highest BCUT2D eigenvalue weighted by Crippen LogP contribution is 2.18. The Morgan fingerprint density at radius 3 is 3.07 bits per heavy atom. The Labute approximate surface area is 91.6 Å². The van der Waals surface area contributed by atoms with Crippen molar-refractivity contribution >= 4 is 0 Å². The molecule has 1 N–H and O–H groups in total. The van der Waals surface area contributed by atoms with Crippen LogP contribution in [0.2, 0.25) is 0 Å². The Kier molecular flexibility index (Phi) is 3.62. The molecule has 0 amide bonds. The quantitative estimate of drug-likeness (QED) is 0.801. The highest BCUT2D eigenvalue weighted by atomic mass is 16.5. The van der Waals surface area contributed by atoms with Crippen molar-refractivity contribution in [3.05, 3.63) is 29.8 Å². The minimum Gasteiger partial charge on any atom is -0.490 e. The van der Waals surface area contributed by atoms with E-state index < -0.39 is 0 Å². The molecule has 1 atom stereocenters. The molecule has 2 nitrogen and oxygen atoms in total. The Morgan fingerprint density at radius 2 is 2.20 bits per heavy atom. The second-order valence-electron chi connectivity index (χ2n) is 4.24. The lowest BCUT2D eigenvalue weighted by atomic mass is 10.1. The summed E-state index contributed by atoms with van der Waals surface area (Å²) in [5.74, 6) is 1.02. The maximum Gasteiger partial charge on any atom is 0.119 e. The van der Waals surface area contributed by atoms with E-state index in [1.54, 1.807) is 0 Å². The predicted molar refractivity (Wildman–Crippen MR) is 62.3 cm³/mol. The average Bonchev–Trinajstić information content (AvgIpc) is 2.46. The maximum atomic E-state index is 5.98. The van der Waals surface area contributed by atoms with E-state index in [9.17, 15) is 0 Å². The first kappa shape index (κ1) is 10.5. The van der Waals surface area contributed by atoms with Gasteiger partial charge in [0, 0.05) is 0 Å². The summed E-state index contributed by atoms with van der Waals surface area (Å²) in [4.78, 5) is 0. The van der Waals surface area contributed by atoms with E-state index in [2.05, 4.69) is 30.4 Å². The fourth-order valence-electron chi connectivity index (χ4n) is 1.99. The first-order valence-electron chi connectivity index (χ1n) is 5.78. The molecule has 15 heavy (non-hydrogen) atoms. The third-order valence-corrected chi connectivity index (χ3v) is 2.82. The van der Waals surface area contributed by atoms with E-state index in [4.69, 9.17) is 4.74 Å². The molecule has 0 aliphatic carbocycles. The van der Waals surface area contributed by atoms with Crippen LogP contribution >= 0.6 is 0 Å². The van der Waals surface area contributed by atoms with Crippen molar-refractivity contribution < 1.29 is 4.74 Å². The lowest BCUT2D eigenvalue weighted by molar-refractivity contribution is 0.187. The van der Waals surface area contributed by atoms with Gasteiger partial charge in [0.1, 0.15) is 5.75 Å². The lowest BCUT2D eigenvalue weighted by Crippen LogP contribution is -2.19. The molecule has 0 bridgehead atoms. The zero-order valence-corrected chi connectivity index (χ0v) is 9.33. The van der Waals surface area contributed by atoms with Gasteiger partial charge in [-0.1, -0.05) is 12.1 Å². The molecule has 0 saturated carbocycles. The normalized spacial score (nSPS) is 22.1. The van der Waals surface area contributed by atoms with E-state index >= 15 is 0 Å². The highest BCUT2D eigenvalue weighted by molar-refractivity contribution is 5.27. The topological polar surface area (TPSA) is 21.3 Å². The van der Waals surface area contributed by atoms with Crippen LogP contribution in [0.4, 0.5) is 0 Å². The molecule has 1 heterocycles. The summed E-state index contributed by atoms with van der Waals surface area (Å²) in [6.45, 7) is 4.31. The van der Waals surface area contributed by atoms with Crippen molar-refractivity contribution in [1.29, 1.82) is 0 Å². The first-order valence-corrected chi connectivity index (χ1v) is 5.78. The molecular weight excluding hydrogens is 186 g/mol. The lowest BCUT2D eigenvalue weighted by Gasteiger charge is -2.16. The molecule has 0 spiro atoms. The summed E-state index contributed by atoms with van der Waals surface area (Å²) < 4.78 is 5.98. The molecule has 0 aromatic heterocycles. The Bertz CT molecular complexity index is 303. The first-order chi connectivity index (χ1) is 7.34. The van der Waals surface area contributed by atoms with Crippen LogP contribution in [0.15, 0.2) is 24.3 Å². The monoisotopic (exact) mass is 205 g/mol. The summed E-state index contributed by atoms with van der Waals surface area (Å²) >= 11 is 0.